The summed E-state index contributed by atoms with van der Waals surface area (Å²) in [5.41, 5.74) is 0.0120. The highest BCUT2D eigenvalue weighted by Crippen LogP contribution is 2.39. The molecule has 0 N–H and O–H groups in total. The van der Waals surface area contributed by atoms with Crippen molar-refractivity contribution in [1.29, 1.82) is 0 Å². The number of likely N-dealkylation sites (tertiary alicyclic amines) is 2. The first-order valence-corrected chi connectivity index (χ1v) is 17.1. The van der Waals surface area contributed by atoms with Crippen molar-refractivity contribution in [3.05, 3.63) is 0 Å². The van der Waals surface area contributed by atoms with E-state index in [1.807, 2.05) is 0 Å². The van der Waals surface area contributed by atoms with Gasteiger partial charge in [-0.05, 0) is 59.4 Å². The molecule has 2 aliphatic heterocycles. The molecule has 2 rings (SSSR count). The Morgan fingerprint density at radius 2 is 1.32 bits per heavy atom. The lowest BCUT2D eigenvalue weighted by atomic mass is 9.79. The molecule has 0 aromatic carbocycles. The summed E-state index contributed by atoms with van der Waals surface area (Å²) < 4.78 is 0. The van der Waals surface area contributed by atoms with Crippen LogP contribution in [0.25, 0.3) is 0 Å². The van der Waals surface area contributed by atoms with Crippen LogP contribution in [0.2, 0.25) is 0 Å². The molecule has 3 atom stereocenters. The summed E-state index contributed by atoms with van der Waals surface area (Å²) in [5.74, 6) is 0.711. The third-order valence-electron chi connectivity index (χ3n) is 9.66. The van der Waals surface area contributed by atoms with E-state index >= 15 is 0 Å². The minimum absolute atomic E-state index is 0.0120. The Bertz CT molecular complexity index is 793. The standard InChI is InChI=1S/C25H46N2O2.C10H18O2/c1-6-7-8-9-10-11-12-13-14-15-16-21-19-23(28)27(24(21)29)22-18-17-20(2)25(3,4)26(22)5;1-3-4-5-6-7-10(12)8-9(2)11/h20-22H,6-19H2,1-5H3;3-8H2,1-2H3. The predicted molar refractivity (Wildman–Crippen MR) is 170 cm³/mol. The first kappa shape index (κ1) is 37.5. The van der Waals surface area contributed by atoms with Gasteiger partial charge in [-0.3, -0.25) is 29.0 Å². The normalized spacial score (nSPS) is 22.5. The summed E-state index contributed by atoms with van der Waals surface area (Å²) in [6.45, 7) is 12.6. The fourth-order valence-corrected chi connectivity index (χ4v) is 6.23. The van der Waals surface area contributed by atoms with Gasteiger partial charge >= 0.3 is 0 Å². The number of hydrogen-bond acceptors (Lipinski definition) is 5. The third-order valence-corrected chi connectivity index (χ3v) is 9.66. The van der Waals surface area contributed by atoms with Gasteiger partial charge in [-0.15, -0.1) is 0 Å². The number of Topliss-reactive ketones (excluding diaryl/α,β-unsaturated/α-hetero) is 2. The quantitative estimate of drug-likeness (QED) is 0.0874. The van der Waals surface area contributed by atoms with E-state index in [1.165, 1.54) is 77.6 Å². The van der Waals surface area contributed by atoms with Gasteiger partial charge in [-0.1, -0.05) is 104 Å². The molecule has 0 aliphatic carbocycles. The zero-order chi connectivity index (χ0) is 30.8. The fraction of sp³-hybridized carbons (Fsp3) is 0.886. The molecule has 2 saturated heterocycles. The smallest absolute Gasteiger partial charge is 0.234 e. The topological polar surface area (TPSA) is 74.8 Å². The van der Waals surface area contributed by atoms with E-state index in [0.717, 1.165) is 38.5 Å². The highest BCUT2D eigenvalue weighted by molar-refractivity contribution is 6.03. The molecule has 0 bridgehead atoms. The number of nitrogens with zero attached hydrogens (tertiary/aromatic N) is 2. The largest absolute Gasteiger partial charge is 0.300 e. The van der Waals surface area contributed by atoms with E-state index < -0.39 is 0 Å². The summed E-state index contributed by atoms with van der Waals surface area (Å²) in [4.78, 5) is 51.1. The molecule has 238 valence electrons. The Balaban J connectivity index is 0.000000590. The molecule has 2 aliphatic rings. The zero-order valence-electron chi connectivity index (χ0n) is 27.9. The van der Waals surface area contributed by atoms with Crippen LogP contribution in [0.4, 0.5) is 0 Å². The lowest BCUT2D eigenvalue weighted by Crippen LogP contribution is -2.61. The first-order valence-electron chi connectivity index (χ1n) is 17.1. The van der Waals surface area contributed by atoms with E-state index in [0.29, 0.717) is 18.8 Å². The number of ketones is 2. The second-order valence-electron chi connectivity index (χ2n) is 13.4. The maximum absolute atomic E-state index is 13.0. The van der Waals surface area contributed by atoms with Crippen LogP contribution >= 0.6 is 0 Å². The van der Waals surface area contributed by atoms with Crippen LogP contribution in [0, 0.1) is 11.8 Å². The molecule has 0 aromatic rings. The van der Waals surface area contributed by atoms with Crippen LogP contribution < -0.4 is 0 Å². The molecule has 41 heavy (non-hydrogen) atoms. The van der Waals surface area contributed by atoms with E-state index in [-0.39, 0.29) is 47.4 Å². The molecule has 0 spiro atoms. The van der Waals surface area contributed by atoms with Gasteiger partial charge in [-0.25, -0.2) is 0 Å². The summed E-state index contributed by atoms with van der Waals surface area (Å²) in [6, 6.07) is 0. The molecule has 2 fully saturated rings. The van der Waals surface area contributed by atoms with Crippen molar-refractivity contribution in [2.45, 2.75) is 182 Å². The predicted octanol–water partition coefficient (Wildman–Crippen LogP) is 8.64. The van der Waals surface area contributed by atoms with Crippen molar-refractivity contribution >= 4 is 23.4 Å². The summed E-state index contributed by atoms with van der Waals surface area (Å²) in [5, 5.41) is 0. The first-order chi connectivity index (χ1) is 19.5. The molecular weight excluding hydrogens is 512 g/mol. The Hall–Kier alpha value is -1.56. The van der Waals surface area contributed by atoms with Crippen LogP contribution in [0.3, 0.4) is 0 Å². The highest BCUT2D eigenvalue weighted by Gasteiger charge is 2.48. The Morgan fingerprint density at radius 1 is 0.805 bits per heavy atom. The lowest BCUT2D eigenvalue weighted by molar-refractivity contribution is -0.153. The van der Waals surface area contributed by atoms with Gasteiger partial charge in [0.15, 0.2) is 0 Å². The monoisotopic (exact) mass is 576 g/mol. The van der Waals surface area contributed by atoms with E-state index in [9.17, 15) is 19.2 Å². The number of hydrogen-bond donors (Lipinski definition) is 0. The molecular formula is C35H64N2O4. The van der Waals surface area contributed by atoms with Crippen molar-refractivity contribution < 1.29 is 19.2 Å². The molecule has 0 saturated carbocycles. The second kappa shape index (κ2) is 20.4. The molecule has 0 radical (unpaired) electrons. The Labute approximate surface area is 252 Å². The van der Waals surface area contributed by atoms with Crippen molar-refractivity contribution in [3.8, 4) is 0 Å². The molecule has 3 unspecified atom stereocenters. The second-order valence-corrected chi connectivity index (χ2v) is 13.4. The minimum atomic E-state index is -0.0765. The van der Waals surface area contributed by atoms with Gasteiger partial charge in [0.05, 0.1) is 12.6 Å². The summed E-state index contributed by atoms with van der Waals surface area (Å²) >= 11 is 0. The lowest BCUT2D eigenvalue weighted by Gasteiger charge is -2.51. The van der Waals surface area contributed by atoms with Gasteiger partial charge in [0.1, 0.15) is 11.6 Å². The van der Waals surface area contributed by atoms with Crippen LogP contribution in [-0.4, -0.2) is 51.9 Å². The van der Waals surface area contributed by atoms with Gasteiger partial charge in [-0.2, -0.15) is 0 Å². The number of rotatable bonds is 19. The Morgan fingerprint density at radius 3 is 1.85 bits per heavy atom. The maximum Gasteiger partial charge on any atom is 0.234 e. The van der Waals surface area contributed by atoms with Gasteiger partial charge in [0, 0.05) is 24.3 Å². The number of amides is 2. The van der Waals surface area contributed by atoms with Gasteiger partial charge in [0.2, 0.25) is 11.8 Å². The average Bonchev–Trinajstić information content (AvgIpc) is 3.19. The molecule has 2 amide bonds. The molecule has 0 aromatic heterocycles. The van der Waals surface area contributed by atoms with E-state index in [4.69, 9.17) is 0 Å². The van der Waals surface area contributed by atoms with Crippen LogP contribution in [0.5, 0.6) is 0 Å². The van der Waals surface area contributed by atoms with Gasteiger partial charge < -0.3 is 0 Å². The van der Waals surface area contributed by atoms with E-state index in [1.54, 1.807) is 4.90 Å². The van der Waals surface area contributed by atoms with Crippen molar-refractivity contribution in [2.24, 2.45) is 11.8 Å². The van der Waals surface area contributed by atoms with Gasteiger partial charge in [0.25, 0.3) is 0 Å². The number of carbonyl (C=O) groups is 4. The summed E-state index contributed by atoms with van der Waals surface area (Å²) in [7, 11) is 2.08. The Kier molecular flexibility index (Phi) is 18.6. The minimum Gasteiger partial charge on any atom is -0.300 e. The number of piperidine rings is 1. The SMILES string of the molecule is CCCCCCC(=O)CC(C)=O.CCCCCCCCCCCCC1CC(=O)N(C2CCC(C)C(C)(C)N2C)C1=O. The maximum atomic E-state index is 13.0. The van der Waals surface area contributed by atoms with Crippen molar-refractivity contribution in [1.82, 2.24) is 9.80 Å². The zero-order valence-corrected chi connectivity index (χ0v) is 27.9. The van der Waals surface area contributed by atoms with Crippen LogP contribution in [0.15, 0.2) is 0 Å². The fourth-order valence-electron chi connectivity index (χ4n) is 6.23. The van der Waals surface area contributed by atoms with E-state index in [2.05, 4.69) is 46.6 Å². The average molecular weight is 577 g/mol. The number of imide groups is 1. The number of unbranched alkanes of at least 4 members (excludes halogenated alkanes) is 12. The van der Waals surface area contributed by atoms with Crippen molar-refractivity contribution in [2.75, 3.05) is 7.05 Å². The third kappa shape index (κ3) is 13.5. The van der Waals surface area contributed by atoms with Crippen LogP contribution in [0.1, 0.15) is 170 Å². The molecule has 2 heterocycles. The number of carbonyl (C=O) groups excluding carboxylic acids is 4. The molecule has 6 heteroatoms. The van der Waals surface area contributed by atoms with Crippen LogP contribution in [-0.2, 0) is 19.2 Å². The highest BCUT2D eigenvalue weighted by atomic mass is 16.2. The molecule has 6 nitrogen and oxygen atoms in total. The summed E-state index contributed by atoms with van der Waals surface area (Å²) in [6.07, 6.45) is 21.4. The van der Waals surface area contributed by atoms with Crippen molar-refractivity contribution in [3.63, 3.8) is 0 Å².